The summed E-state index contributed by atoms with van der Waals surface area (Å²) in [6.45, 7) is 7.10. The van der Waals surface area contributed by atoms with Crippen LogP contribution >= 0.6 is 12.2 Å². The van der Waals surface area contributed by atoms with Crippen molar-refractivity contribution < 1.29 is 4.39 Å². The van der Waals surface area contributed by atoms with Crippen molar-refractivity contribution in [3.63, 3.8) is 0 Å². The minimum atomic E-state index is -0.227. The van der Waals surface area contributed by atoms with Gasteiger partial charge in [-0.05, 0) is 53.4 Å². The van der Waals surface area contributed by atoms with Gasteiger partial charge in [0.15, 0.2) is 5.11 Å². The van der Waals surface area contributed by atoms with Gasteiger partial charge in [-0.15, -0.1) is 0 Å². The van der Waals surface area contributed by atoms with Crippen LogP contribution in [0.2, 0.25) is 0 Å². The summed E-state index contributed by atoms with van der Waals surface area (Å²) in [4.78, 5) is 0. The van der Waals surface area contributed by atoms with Crippen LogP contribution in [0, 0.1) is 5.82 Å². The predicted molar refractivity (Wildman–Crippen MR) is 103 cm³/mol. The van der Waals surface area contributed by atoms with Gasteiger partial charge in [-0.3, -0.25) is 0 Å². The van der Waals surface area contributed by atoms with Crippen molar-refractivity contribution in [1.82, 2.24) is 10.6 Å². The van der Waals surface area contributed by atoms with Crippen LogP contribution in [-0.2, 0) is 6.54 Å². The van der Waals surface area contributed by atoms with Crippen molar-refractivity contribution in [3.05, 3.63) is 71.0 Å². The predicted octanol–water partition coefficient (Wildman–Crippen LogP) is 5.06. The van der Waals surface area contributed by atoms with E-state index in [2.05, 4.69) is 55.7 Å². The van der Waals surface area contributed by atoms with Gasteiger partial charge >= 0.3 is 0 Å². The number of benzene rings is 2. The van der Waals surface area contributed by atoms with Crippen LogP contribution in [0.5, 0.6) is 0 Å². The van der Waals surface area contributed by atoms with Crippen molar-refractivity contribution in [2.24, 2.45) is 0 Å². The summed E-state index contributed by atoms with van der Waals surface area (Å²) in [7, 11) is 0. The monoisotopic (exact) mass is 344 g/mol. The largest absolute Gasteiger partial charge is 0.359 e. The van der Waals surface area contributed by atoms with Gasteiger partial charge in [-0.25, -0.2) is 4.39 Å². The molecule has 2 rings (SSSR count). The van der Waals surface area contributed by atoms with Crippen molar-refractivity contribution in [3.8, 4) is 0 Å². The van der Waals surface area contributed by atoms with Gasteiger partial charge < -0.3 is 10.6 Å². The Kier molecular flexibility index (Phi) is 6.73. The summed E-state index contributed by atoms with van der Waals surface area (Å²) in [5, 5.41) is 7.15. The number of hydrogen-bond acceptors (Lipinski definition) is 1. The van der Waals surface area contributed by atoms with E-state index in [4.69, 9.17) is 12.2 Å². The van der Waals surface area contributed by atoms with E-state index in [-0.39, 0.29) is 11.9 Å². The molecule has 0 aliphatic carbocycles. The van der Waals surface area contributed by atoms with Crippen LogP contribution in [0.3, 0.4) is 0 Å². The molecule has 24 heavy (non-hydrogen) atoms. The maximum absolute atomic E-state index is 12.9. The zero-order chi connectivity index (χ0) is 17.5. The summed E-state index contributed by atoms with van der Waals surface area (Å²) in [5.74, 6) is 0.306. The maximum atomic E-state index is 12.9. The Hall–Kier alpha value is -1.94. The van der Waals surface area contributed by atoms with Crippen molar-refractivity contribution in [1.29, 1.82) is 0 Å². The number of rotatable bonds is 6. The number of halogens is 1. The quantitative estimate of drug-likeness (QED) is 0.716. The van der Waals surface area contributed by atoms with Gasteiger partial charge in [0.2, 0.25) is 0 Å². The fourth-order valence-corrected chi connectivity index (χ4v) is 2.74. The van der Waals surface area contributed by atoms with Crippen LogP contribution < -0.4 is 10.6 Å². The lowest BCUT2D eigenvalue weighted by Crippen LogP contribution is -2.37. The molecule has 128 valence electrons. The van der Waals surface area contributed by atoms with E-state index in [1.54, 1.807) is 12.1 Å². The first-order valence-corrected chi connectivity index (χ1v) is 8.79. The third-order valence-electron chi connectivity index (χ3n) is 4.09. The Labute approximate surface area is 149 Å². The second-order valence-corrected chi connectivity index (χ2v) is 6.64. The fourth-order valence-electron chi connectivity index (χ4n) is 2.53. The van der Waals surface area contributed by atoms with Gasteiger partial charge in [0.1, 0.15) is 5.82 Å². The molecule has 0 amide bonds. The van der Waals surface area contributed by atoms with Crippen LogP contribution in [-0.4, -0.2) is 5.11 Å². The van der Waals surface area contributed by atoms with E-state index in [0.29, 0.717) is 17.6 Å². The first kappa shape index (κ1) is 18.4. The smallest absolute Gasteiger partial charge is 0.167 e. The molecule has 2 nitrogen and oxygen atoms in total. The maximum Gasteiger partial charge on any atom is 0.167 e. The molecule has 0 aromatic heterocycles. The van der Waals surface area contributed by atoms with Gasteiger partial charge in [0, 0.05) is 6.54 Å². The highest BCUT2D eigenvalue weighted by molar-refractivity contribution is 7.80. The molecule has 0 spiro atoms. The van der Waals surface area contributed by atoms with E-state index >= 15 is 0 Å². The average molecular weight is 344 g/mol. The average Bonchev–Trinajstić information content (AvgIpc) is 2.59. The molecule has 2 aromatic rings. The Morgan fingerprint density at radius 1 is 1.00 bits per heavy atom. The van der Waals surface area contributed by atoms with Crippen molar-refractivity contribution in [2.45, 2.75) is 45.7 Å². The fraction of sp³-hybridized carbons (Fsp3) is 0.350. The second-order valence-electron chi connectivity index (χ2n) is 6.24. The second kappa shape index (κ2) is 8.78. The first-order chi connectivity index (χ1) is 11.5. The lowest BCUT2D eigenvalue weighted by Gasteiger charge is -2.20. The standard InChI is InChI=1S/C20H25FN2S/c1-4-19(17-9-7-16(8-10-17)14(2)3)23-20(24)22-13-15-5-11-18(21)12-6-15/h5-12,14,19H,4,13H2,1-3H3,(H2,22,23,24)/t19-/m0/s1. The Morgan fingerprint density at radius 3 is 2.12 bits per heavy atom. The molecule has 2 aromatic carbocycles. The number of thiocarbonyl (C=S) groups is 1. The van der Waals surface area contributed by atoms with Crippen LogP contribution in [0.25, 0.3) is 0 Å². The van der Waals surface area contributed by atoms with E-state index in [9.17, 15) is 4.39 Å². The summed E-state index contributed by atoms with van der Waals surface area (Å²) in [6.07, 6.45) is 0.944. The highest BCUT2D eigenvalue weighted by Gasteiger charge is 2.11. The normalized spacial score (nSPS) is 12.0. The van der Waals surface area contributed by atoms with Crippen molar-refractivity contribution in [2.75, 3.05) is 0 Å². The third-order valence-corrected chi connectivity index (χ3v) is 4.35. The summed E-state index contributed by atoms with van der Waals surface area (Å²) < 4.78 is 12.9. The third kappa shape index (κ3) is 5.31. The molecule has 0 aliphatic heterocycles. The van der Waals surface area contributed by atoms with Crippen LogP contribution in [0.4, 0.5) is 4.39 Å². The SMILES string of the molecule is CC[C@H](NC(=S)NCc1ccc(F)cc1)c1ccc(C(C)C)cc1. The summed E-state index contributed by atoms with van der Waals surface area (Å²) in [6, 6.07) is 15.3. The van der Waals surface area contributed by atoms with E-state index < -0.39 is 0 Å². The van der Waals surface area contributed by atoms with E-state index in [1.165, 1.54) is 23.3 Å². The lowest BCUT2D eigenvalue weighted by atomic mass is 9.98. The van der Waals surface area contributed by atoms with Gasteiger partial charge in [0.25, 0.3) is 0 Å². The van der Waals surface area contributed by atoms with E-state index in [0.717, 1.165) is 12.0 Å². The molecule has 0 aliphatic rings. The number of nitrogens with one attached hydrogen (secondary N) is 2. The van der Waals surface area contributed by atoms with Crippen molar-refractivity contribution >= 4 is 17.3 Å². The van der Waals surface area contributed by atoms with Gasteiger partial charge in [0.05, 0.1) is 6.04 Å². The highest BCUT2D eigenvalue weighted by atomic mass is 32.1. The van der Waals surface area contributed by atoms with Crippen LogP contribution in [0.15, 0.2) is 48.5 Å². The number of hydrogen-bond donors (Lipinski definition) is 2. The molecule has 0 radical (unpaired) electrons. The Balaban J connectivity index is 1.91. The molecule has 2 N–H and O–H groups in total. The molecule has 0 saturated heterocycles. The van der Waals surface area contributed by atoms with E-state index in [1.807, 2.05) is 0 Å². The summed E-state index contributed by atoms with van der Waals surface area (Å²) >= 11 is 5.39. The van der Waals surface area contributed by atoms with Crippen LogP contribution in [0.1, 0.15) is 55.8 Å². The molecule has 0 heterocycles. The lowest BCUT2D eigenvalue weighted by molar-refractivity contribution is 0.614. The molecule has 0 fully saturated rings. The van der Waals surface area contributed by atoms with Gasteiger partial charge in [-0.2, -0.15) is 0 Å². The Bertz CT molecular complexity index is 650. The molecule has 4 heteroatoms. The highest BCUT2D eigenvalue weighted by Crippen LogP contribution is 2.20. The summed E-state index contributed by atoms with van der Waals surface area (Å²) in [5.41, 5.74) is 3.56. The zero-order valence-electron chi connectivity index (χ0n) is 14.5. The Morgan fingerprint density at radius 2 is 1.58 bits per heavy atom. The molecular formula is C20H25FN2S. The first-order valence-electron chi connectivity index (χ1n) is 8.38. The minimum absolute atomic E-state index is 0.180. The zero-order valence-corrected chi connectivity index (χ0v) is 15.3. The molecule has 0 unspecified atom stereocenters. The molecule has 0 saturated carbocycles. The topological polar surface area (TPSA) is 24.1 Å². The molecule has 0 bridgehead atoms. The van der Waals surface area contributed by atoms with Gasteiger partial charge in [-0.1, -0.05) is 57.2 Å². The molecular weight excluding hydrogens is 319 g/mol. The minimum Gasteiger partial charge on any atom is -0.359 e. The molecule has 1 atom stereocenters.